The average Bonchev–Trinajstić information content (AvgIpc) is 3.07. The van der Waals surface area contributed by atoms with Crippen molar-refractivity contribution >= 4 is 17.5 Å². The molecule has 1 aliphatic heterocycles. The highest BCUT2D eigenvalue weighted by Crippen LogP contribution is 2.24. The van der Waals surface area contributed by atoms with Crippen molar-refractivity contribution in [2.24, 2.45) is 0 Å². The van der Waals surface area contributed by atoms with Crippen molar-refractivity contribution in [1.82, 2.24) is 15.1 Å². The summed E-state index contributed by atoms with van der Waals surface area (Å²) in [7, 11) is 2.12. The van der Waals surface area contributed by atoms with E-state index >= 15 is 0 Å². The number of anilines is 1. The molecule has 1 aliphatic carbocycles. The van der Waals surface area contributed by atoms with E-state index in [1.807, 2.05) is 18.2 Å². The number of rotatable bonds is 4. The summed E-state index contributed by atoms with van der Waals surface area (Å²) in [5, 5.41) is 5.47. The van der Waals surface area contributed by atoms with Crippen LogP contribution in [0.1, 0.15) is 24.5 Å². The summed E-state index contributed by atoms with van der Waals surface area (Å²) in [6.45, 7) is 6.64. The lowest BCUT2D eigenvalue weighted by molar-refractivity contribution is -0.136. The smallest absolute Gasteiger partial charge is 0.313 e. The molecule has 1 atom stereocenters. The maximum Gasteiger partial charge on any atom is 0.313 e. The van der Waals surface area contributed by atoms with E-state index < -0.39 is 11.8 Å². The Labute approximate surface area is 149 Å². The number of carbonyl (C=O) groups excluding carboxylic acids is 2. The lowest BCUT2D eigenvalue weighted by atomic mass is 10.1. The molecular formula is C19H28N4O2. The lowest BCUT2D eigenvalue weighted by Gasteiger charge is -2.36. The molecule has 0 radical (unpaired) electrons. The minimum atomic E-state index is -0.594. The molecule has 25 heavy (non-hydrogen) atoms. The fourth-order valence-electron chi connectivity index (χ4n) is 3.55. The number of carbonyl (C=O) groups is 2. The number of amides is 2. The molecule has 0 bridgehead atoms. The highest BCUT2D eigenvalue weighted by atomic mass is 16.2. The van der Waals surface area contributed by atoms with Gasteiger partial charge < -0.3 is 15.5 Å². The van der Waals surface area contributed by atoms with Crippen LogP contribution in [0.5, 0.6) is 0 Å². The van der Waals surface area contributed by atoms with E-state index in [2.05, 4.69) is 34.4 Å². The van der Waals surface area contributed by atoms with Gasteiger partial charge in [-0.2, -0.15) is 0 Å². The molecule has 136 valence electrons. The van der Waals surface area contributed by atoms with Crippen molar-refractivity contribution in [3.63, 3.8) is 0 Å². The normalized spacial score (nSPS) is 19.3. The number of nitrogens with one attached hydrogen (secondary N) is 2. The Morgan fingerprint density at radius 3 is 2.56 bits per heavy atom. The second kappa shape index (κ2) is 7.97. The number of nitrogens with zero attached hydrogens (tertiary/aromatic N) is 2. The number of likely N-dealkylation sites (N-methyl/N-ethyl adjacent to an activating group) is 1. The van der Waals surface area contributed by atoms with Gasteiger partial charge in [0.05, 0.1) is 0 Å². The lowest BCUT2D eigenvalue weighted by Crippen LogP contribution is -2.52. The molecule has 3 rings (SSSR count). The third-order valence-corrected chi connectivity index (χ3v) is 5.28. The van der Waals surface area contributed by atoms with Crippen molar-refractivity contribution in [3.05, 3.63) is 29.3 Å². The van der Waals surface area contributed by atoms with Gasteiger partial charge in [0.2, 0.25) is 0 Å². The predicted molar refractivity (Wildman–Crippen MR) is 98.6 cm³/mol. The summed E-state index contributed by atoms with van der Waals surface area (Å²) in [4.78, 5) is 28.8. The fourth-order valence-corrected chi connectivity index (χ4v) is 3.55. The molecule has 2 N–H and O–H groups in total. The van der Waals surface area contributed by atoms with Crippen LogP contribution in [0.15, 0.2) is 18.2 Å². The first-order valence-corrected chi connectivity index (χ1v) is 9.16. The number of piperazine rings is 1. The molecule has 0 aromatic heterocycles. The summed E-state index contributed by atoms with van der Waals surface area (Å²) < 4.78 is 0. The van der Waals surface area contributed by atoms with E-state index in [1.54, 1.807) is 0 Å². The minimum absolute atomic E-state index is 0.227. The van der Waals surface area contributed by atoms with Crippen LogP contribution in [0.4, 0.5) is 5.69 Å². The van der Waals surface area contributed by atoms with E-state index in [-0.39, 0.29) is 6.04 Å². The van der Waals surface area contributed by atoms with Crippen molar-refractivity contribution < 1.29 is 9.59 Å². The molecule has 1 aromatic rings. The Hall–Kier alpha value is -1.92. The summed E-state index contributed by atoms with van der Waals surface area (Å²) in [6, 6.07) is 6.14. The van der Waals surface area contributed by atoms with Crippen molar-refractivity contribution in [3.8, 4) is 0 Å². The molecule has 0 saturated carbocycles. The molecule has 1 fully saturated rings. The van der Waals surface area contributed by atoms with Crippen molar-refractivity contribution in [1.29, 1.82) is 0 Å². The highest BCUT2D eigenvalue weighted by Gasteiger charge is 2.21. The Balaban J connectivity index is 1.45. The number of hydrogen-bond donors (Lipinski definition) is 2. The summed E-state index contributed by atoms with van der Waals surface area (Å²) in [5.74, 6) is -1.16. The first-order valence-electron chi connectivity index (χ1n) is 9.16. The van der Waals surface area contributed by atoms with E-state index in [0.717, 1.165) is 45.4 Å². The molecule has 2 amide bonds. The summed E-state index contributed by atoms with van der Waals surface area (Å²) >= 11 is 0. The third-order valence-electron chi connectivity index (χ3n) is 5.28. The van der Waals surface area contributed by atoms with Gasteiger partial charge in [-0.05, 0) is 56.5 Å². The van der Waals surface area contributed by atoms with Crippen LogP contribution in [0.3, 0.4) is 0 Å². The Morgan fingerprint density at radius 2 is 1.80 bits per heavy atom. The molecule has 0 spiro atoms. The van der Waals surface area contributed by atoms with E-state index in [4.69, 9.17) is 0 Å². The van der Waals surface area contributed by atoms with Gasteiger partial charge in [-0.25, -0.2) is 0 Å². The van der Waals surface area contributed by atoms with Gasteiger partial charge in [0, 0.05) is 44.5 Å². The zero-order chi connectivity index (χ0) is 17.8. The first kappa shape index (κ1) is 17.9. The van der Waals surface area contributed by atoms with Crippen LogP contribution in [-0.4, -0.2) is 67.4 Å². The molecule has 6 nitrogen and oxygen atoms in total. The topological polar surface area (TPSA) is 64.7 Å². The SMILES string of the molecule is CC(CNC(=O)C(=O)Nc1ccc2c(c1)CCC2)N1CCN(C)CC1. The molecule has 1 saturated heterocycles. The van der Waals surface area contributed by atoms with Gasteiger partial charge >= 0.3 is 11.8 Å². The van der Waals surface area contributed by atoms with E-state index in [1.165, 1.54) is 11.1 Å². The predicted octanol–water partition coefficient (Wildman–Crippen LogP) is 0.866. The summed E-state index contributed by atoms with van der Waals surface area (Å²) in [5.41, 5.74) is 3.33. The van der Waals surface area contributed by atoms with Crippen LogP contribution in [0.2, 0.25) is 0 Å². The maximum absolute atomic E-state index is 12.1. The van der Waals surface area contributed by atoms with Crippen molar-refractivity contribution in [2.45, 2.75) is 32.2 Å². The zero-order valence-electron chi connectivity index (χ0n) is 15.2. The van der Waals surface area contributed by atoms with Crippen LogP contribution >= 0.6 is 0 Å². The second-order valence-electron chi connectivity index (χ2n) is 7.19. The quantitative estimate of drug-likeness (QED) is 0.796. The van der Waals surface area contributed by atoms with Crippen LogP contribution < -0.4 is 10.6 Å². The number of fused-ring (bicyclic) bond motifs is 1. The van der Waals surface area contributed by atoms with E-state index in [9.17, 15) is 9.59 Å². The van der Waals surface area contributed by atoms with Crippen LogP contribution in [-0.2, 0) is 22.4 Å². The number of aryl methyl sites for hydroxylation is 2. The first-order chi connectivity index (χ1) is 12.0. The molecule has 2 aliphatic rings. The molecule has 6 heteroatoms. The van der Waals surface area contributed by atoms with Gasteiger partial charge in [-0.3, -0.25) is 14.5 Å². The summed E-state index contributed by atoms with van der Waals surface area (Å²) in [6.07, 6.45) is 3.32. The Bertz CT molecular complexity index is 638. The van der Waals surface area contributed by atoms with Crippen molar-refractivity contribution in [2.75, 3.05) is 45.1 Å². The second-order valence-corrected chi connectivity index (χ2v) is 7.19. The number of benzene rings is 1. The molecule has 1 aromatic carbocycles. The fraction of sp³-hybridized carbons (Fsp3) is 0.579. The van der Waals surface area contributed by atoms with Crippen LogP contribution in [0.25, 0.3) is 0 Å². The maximum atomic E-state index is 12.1. The Kier molecular flexibility index (Phi) is 5.71. The third kappa shape index (κ3) is 4.58. The van der Waals surface area contributed by atoms with Gasteiger partial charge in [-0.15, -0.1) is 0 Å². The Morgan fingerprint density at radius 1 is 1.08 bits per heavy atom. The largest absolute Gasteiger partial charge is 0.346 e. The zero-order valence-corrected chi connectivity index (χ0v) is 15.2. The molecule has 1 unspecified atom stereocenters. The standard InChI is InChI=1S/C19H28N4O2/c1-14(23-10-8-22(2)9-11-23)13-20-18(24)19(25)21-17-7-6-15-4-3-5-16(15)12-17/h6-7,12,14H,3-5,8-11,13H2,1-2H3,(H,20,24)(H,21,25). The van der Waals surface area contributed by atoms with Gasteiger partial charge in [0.1, 0.15) is 0 Å². The highest BCUT2D eigenvalue weighted by molar-refractivity contribution is 6.39. The molecular weight excluding hydrogens is 316 g/mol. The average molecular weight is 344 g/mol. The van der Waals surface area contributed by atoms with Gasteiger partial charge in [-0.1, -0.05) is 6.07 Å². The minimum Gasteiger partial charge on any atom is -0.346 e. The van der Waals surface area contributed by atoms with E-state index in [0.29, 0.717) is 12.2 Å². The van der Waals surface area contributed by atoms with Gasteiger partial charge in [0.25, 0.3) is 0 Å². The molecule has 1 heterocycles. The van der Waals surface area contributed by atoms with Gasteiger partial charge in [0.15, 0.2) is 0 Å². The number of hydrogen-bond acceptors (Lipinski definition) is 4. The van der Waals surface area contributed by atoms with Crippen LogP contribution in [0, 0.1) is 0 Å². The monoisotopic (exact) mass is 344 g/mol.